The first-order chi connectivity index (χ1) is 9.95. The molecule has 0 atom stereocenters. The minimum atomic E-state index is -1.23. The predicted molar refractivity (Wildman–Crippen MR) is 77.8 cm³/mol. The van der Waals surface area contributed by atoms with Crippen molar-refractivity contribution in [3.8, 4) is 5.75 Å². The van der Waals surface area contributed by atoms with E-state index < -0.39 is 17.7 Å². The number of carboxylic acid groups (broad SMARTS) is 1. The molecule has 1 aromatic heterocycles. The van der Waals surface area contributed by atoms with Gasteiger partial charge < -0.3 is 20.8 Å². The third-order valence-corrected chi connectivity index (χ3v) is 3.49. The van der Waals surface area contributed by atoms with Crippen LogP contribution in [0.3, 0.4) is 0 Å². The number of carbonyl (C=O) groups excluding carboxylic acids is 1. The first-order valence-electron chi connectivity index (χ1n) is 5.98. The number of hydrogen-bond donors (Lipinski definition) is 4. The Morgan fingerprint density at radius 3 is 2.71 bits per heavy atom. The van der Waals surface area contributed by atoms with E-state index in [2.05, 4.69) is 15.6 Å². The van der Waals surface area contributed by atoms with E-state index in [4.69, 9.17) is 5.11 Å². The quantitative estimate of drug-likeness (QED) is 0.691. The van der Waals surface area contributed by atoms with E-state index in [0.29, 0.717) is 12.2 Å². The Labute approximate surface area is 124 Å². The van der Waals surface area contributed by atoms with Crippen LogP contribution in [0.25, 0.3) is 0 Å². The standard InChI is InChI=1S/C13H13N3O4S/c1-7-14-5-9(21-7)6-15-13(20)16-8-2-3-10(12(18)19)11(17)4-8/h2-5,17H,6H2,1H3,(H,18,19)(H2,15,16,20). The zero-order valence-corrected chi connectivity index (χ0v) is 11.9. The van der Waals surface area contributed by atoms with Crippen molar-refractivity contribution < 1.29 is 19.8 Å². The number of carboxylic acids is 1. The summed E-state index contributed by atoms with van der Waals surface area (Å²) in [7, 11) is 0. The fourth-order valence-corrected chi connectivity index (χ4v) is 2.35. The molecule has 0 radical (unpaired) electrons. The number of nitrogens with zero attached hydrogens (tertiary/aromatic N) is 1. The SMILES string of the molecule is Cc1ncc(CNC(=O)Nc2ccc(C(=O)O)c(O)c2)s1. The summed E-state index contributed by atoms with van der Waals surface area (Å²) in [4.78, 5) is 27.4. The molecule has 0 bridgehead atoms. The monoisotopic (exact) mass is 307 g/mol. The van der Waals surface area contributed by atoms with Crippen molar-refractivity contribution in [2.45, 2.75) is 13.5 Å². The van der Waals surface area contributed by atoms with Crippen LogP contribution in [-0.4, -0.2) is 27.2 Å². The summed E-state index contributed by atoms with van der Waals surface area (Å²) >= 11 is 1.48. The molecule has 0 aliphatic heterocycles. The maximum absolute atomic E-state index is 11.7. The average Bonchev–Trinajstić information content (AvgIpc) is 2.82. The summed E-state index contributed by atoms with van der Waals surface area (Å²) in [5.74, 6) is -1.64. The number of carbonyl (C=O) groups is 2. The van der Waals surface area contributed by atoms with Gasteiger partial charge in [0.05, 0.1) is 11.6 Å². The molecule has 4 N–H and O–H groups in total. The number of hydrogen-bond acceptors (Lipinski definition) is 5. The second kappa shape index (κ2) is 6.23. The normalized spacial score (nSPS) is 10.1. The number of aromatic hydroxyl groups is 1. The van der Waals surface area contributed by atoms with E-state index in [1.165, 1.54) is 29.5 Å². The van der Waals surface area contributed by atoms with Crippen LogP contribution in [0.1, 0.15) is 20.2 Å². The largest absolute Gasteiger partial charge is 0.507 e. The molecule has 0 aliphatic rings. The molecule has 0 aliphatic carbocycles. The van der Waals surface area contributed by atoms with Gasteiger partial charge in [-0.3, -0.25) is 0 Å². The molecule has 21 heavy (non-hydrogen) atoms. The van der Waals surface area contributed by atoms with Crippen LogP contribution in [-0.2, 0) is 6.54 Å². The maximum Gasteiger partial charge on any atom is 0.339 e. The van der Waals surface area contributed by atoms with Crippen LogP contribution in [0.5, 0.6) is 5.75 Å². The number of aromatic carboxylic acids is 1. The van der Waals surface area contributed by atoms with Crippen molar-refractivity contribution in [2.75, 3.05) is 5.32 Å². The summed E-state index contributed by atoms with van der Waals surface area (Å²) in [6.07, 6.45) is 1.69. The molecule has 0 saturated heterocycles. The molecule has 2 aromatic rings. The van der Waals surface area contributed by atoms with E-state index in [0.717, 1.165) is 9.88 Å². The van der Waals surface area contributed by atoms with Gasteiger partial charge in [-0.05, 0) is 19.1 Å². The third kappa shape index (κ3) is 3.93. The van der Waals surface area contributed by atoms with Crippen molar-refractivity contribution >= 4 is 29.0 Å². The van der Waals surface area contributed by atoms with Gasteiger partial charge in [-0.25, -0.2) is 14.6 Å². The van der Waals surface area contributed by atoms with Crippen LogP contribution in [0, 0.1) is 6.92 Å². The van der Waals surface area contributed by atoms with Crippen molar-refractivity contribution in [2.24, 2.45) is 0 Å². The Kier molecular flexibility index (Phi) is 4.39. The smallest absolute Gasteiger partial charge is 0.339 e. The topological polar surface area (TPSA) is 112 Å². The highest BCUT2D eigenvalue weighted by Gasteiger charge is 2.11. The van der Waals surface area contributed by atoms with Crippen molar-refractivity contribution in [3.63, 3.8) is 0 Å². The zero-order chi connectivity index (χ0) is 15.4. The number of rotatable bonds is 4. The molecular formula is C13H13N3O4S. The van der Waals surface area contributed by atoms with Crippen molar-refractivity contribution in [1.82, 2.24) is 10.3 Å². The summed E-state index contributed by atoms with van der Waals surface area (Å²) < 4.78 is 0. The number of aromatic nitrogens is 1. The molecule has 0 fully saturated rings. The van der Waals surface area contributed by atoms with Gasteiger partial charge in [0.2, 0.25) is 0 Å². The molecular weight excluding hydrogens is 294 g/mol. The Hall–Kier alpha value is -2.61. The third-order valence-electron chi connectivity index (χ3n) is 2.58. The lowest BCUT2D eigenvalue weighted by molar-refractivity contribution is 0.0694. The molecule has 7 nitrogen and oxygen atoms in total. The van der Waals surface area contributed by atoms with Gasteiger partial charge in [0.15, 0.2) is 0 Å². The highest BCUT2D eigenvalue weighted by atomic mass is 32.1. The van der Waals surface area contributed by atoms with Gasteiger partial charge >= 0.3 is 12.0 Å². The number of benzene rings is 1. The molecule has 0 saturated carbocycles. The molecule has 110 valence electrons. The van der Waals surface area contributed by atoms with Crippen LogP contribution < -0.4 is 10.6 Å². The number of aryl methyl sites for hydroxylation is 1. The summed E-state index contributed by atoms with van der Waals surface area (Å²) in [5.41, 5.74) is 0.0802. The molecule has 2 amide bonds. The lowest BCUT2D eigenvalue weighted by Crippen LogP contribution is -2.27. The second-order valence-corrected chi connectivity index (χ2v) is 5.51. The summed E-state index contributed by atoms with van der Waals surface area (Å²) in [5, 5.41) is 24.4. The first kappa shape index (κ1) is 14.8. The van der Waals surface area contributed by atoms with Gasteiger partial charge in [0, 0.05) is 22.8 Å². The number of urea groups is 1. The lowest BCUT2D eigenvalue weighted by atomic mass is 10.2. The van der Waals surface area contributed by atoms with E-state index in [-0.39, 0.29) is 5.56 Å². The van der Waals surface area contributed by atoms with Crippen LogP contribution in [0.15, 0.2) is 24.4 Å². The second-order valence-electron chi connectivity index (χ2n) is 4.19. The van der Waals surface area contributed by atoms with Crippen molar-refractivity contribution in [1.29, 1.82) is 0 Å². The molecule has 1 aromatic carbocycles. The van der Waals surface area contributed by atoms with E-state index in [1.54, 1.807) is 6.20 Å². The molecule has 2 rings (SSSR count). The van der Waals surface area contributed by atoms with E-state index >= 15 is 0 Å². The Morgan fingerprint density at radius 1 is 1.38 bits per heavy atom. The minimum absolute atomic E-state index is 0.221. The van der Waals surface area contributed by atoms with Gasteiger partial charge in [-0.15, -0.1) is 11.3 Å². The van der Waals surface area contributed by atoms with Crippen molar-refractivity contribution in [3.05, 3.63) is 39.8 Å². The predicted octanol–water partition coefficient (Wildman–Crippen LogP) is 2.18. The first-order valence-corrected chi connectivity index (χ1v) is 6.80. The minimum Gasteiger partial charge on any atom is -0.507 e. The van der Waals surface area contributed by atoms with Crippen LogP contribution in [0.4, 0.5) is 10.5 Å². The van der Waals surface area contributed by atoms with Gasteiger partial charge in [0.25, 0.3) is 0 Å². The fraction of sp³-hybridized carbons (Fsp3) is 0.154. The zero-order valence-electron chi connectivity index (χ0n) is 11.1. The average molecular weight is 307 g/mol. The number of thiazole rings is 1. The van der Waals surface area contributed by atoms with E-state index in [9.17, 15) is 14.7 Å². The Balaban J connectivity index is 1.93. The number of phenols is 1. The molecule has 8 heteroatoms. The summed E-state index contributed by atoms with van der Waals surface area (Å²) in [6, 6.07) is 3.35. The van der Waals surface area contributed by atoms with Crippen LogP contribution in [0.2, 0.25) is 0 Å². The highest BCUT2D eigenvalue weighted by Crippen LogP contribution is 2.21. The van der Waals surface area contributed by atoms with Gasteiger partial charge in [-0.1, -0.05) is 0 Å². The molecule has 0 unspecified atom stereocenters. The number of nitrogens with one attached hydrogen (secondary N) is 2. The Bertz CT molecular complexity index is 684. The van der Waals surface area contributed by atoms with Crippen LogP contribution >= 0.6 is 11.3 Å². The Morgan fingerprint density at radius 2 is 2.14 bits per heavy atom. The van der Waals surface area contributed by atoms with Gasteiger partial charge in [0.1, 0.15) is 11.3 Å². The number of anilines is 1. The maximum atomic E-state index is 11.7. The number of amides is 2. The van der Waals surface area contributed by atoms with Gasteiger partial charge in [-0.2, -0.15) is 0 Å². The highest BCUT2D eigenvalue weighted by molar-refractivity contribution is 7.11. The summed E-state index contributed by atoms with van der Waals surface area (Å²) in [6.45, 7) is 2.22. The molecule has 1 heterocycles. The molecule has 0 spiro atoms. The van der Waals surface area contributed by atoms with E-state index in [1.807, 2.05) is 6.92 Å². The lowest BCUT2D eigenvalue weighted by Gasteiger charge is -2.08. The fourth-order valence-electron chi connectivity index (χ4n) is 1.62.